The molecule has 7 heteroatoms. The Morgan fingerprint density at radius 2 is 0.844 bits per heavy atom. The number of hydrogen-bond acceptors (Lipinski definition) is 3. The van der Waals surface area contributed by atoms with Gasteiger partial charge < -0.3 is 37.2 Å². The van der Waals surface area contributed by atoms with Gasteiger partial charge in [-0.3, -0.25) is 9.98 Å². The molecule has 0 fully saturated rings. The van der Waals surface area contributed by atoms with Crippen molar-refractivity contribution in [3.63, 3.8) is 0 Å². The maximum absolute atomic E-state index is 4.86. The Balaban J connectivity index is 0. The minimum Gasteiger partial charge on any atom is -1.00 e. The molecule has 0 aliphatic carbocycles. The summed E-state index contributed by atoms with van der Waals surface area (Å²) in [5.41, 5.74) is 10.3. The molecule has 32 heavy (non-hydrogen) atoms. The molecule has 1 heterocycles. The Kier molecular flexibility index (Phi) is 14.8. The maximum atomic E-state index is 4.86. The Morgan fingerprint density at radius 1 is 0.562 bits per heavy atom. The van der Waals surface area contributed by atoms with Crippen molar-refractivity contribution in [1.29, 1.82) is 0 Å². The molecule has 3 nitrogen and oxygen atoms in total. The van der Waals surface area contributed by atoms with Crippen molar-refractivity contribution in [2.75, 3.05) is 0 Å². The van der Waals surface area contributed by atoms with Crippen LogP contribution in [-0.2, 0) is 18.6 Å². The first-order chi connectivity index (χ1) is 13.4. The third-order valence-corrected chi connectivity index (χ3v) is 4.93. The quantitative estimate of drug-likeness (QED) is 0.350. The van der Waals surface area contributed by atoms with E-state index < -0.39 is 0 Å². The van der Waals surface area contributed by atoms with E-state index in [9.17, 15) is 0 Å². The molecule has 0 radical (unpaired) electrons. The Labute approximate surface area is 222 Å². The minimum absolute atomic E-state index is 0. The normalized spacial score (nSPS) is 10.8. The van der Waals surface area contributed by atoms with Crippen LogP contribution in [0.3, 0.4) is 0 Å². The van der Waals surface area contributed by atoms with E-state index in [4.69, 9.17) is 15.0 Å². The van der Waals surface area contributed by atoms with Crippen molar-refractivity contribution < 1.29 is 55.8 Å². The number of para-hydroxylation sites is 2. The fourth-order valence-corrected chi connectivity index (χ4v) is 3.25. The number of hydrogen-bond donors (Lipinski definition) is 0. The van der Waals surface area contributed by atoms with Gasteiger partial charge in [0.2, 0.25) is 0 Å². The van der Waals surface area contributed by atoms with Gasteiger partial charge in [-0.15, -0.1) is 0 Å². The van der Waals surface area contributed by atoms with Gasteiger partial charge in [-0.2, -0.15) is 0 Å². The maximum Gasteiger partial charge on any atom is 3.00 e. The van der Waals surface area contributed by atoms with Crippen molar-refractivity contribution in [1.82, 2.24) is 4.98 Å². The molecule has 0 N–H and O–H groups in total. The summed E-state index contributed by atoms with van der Waals surface area (Å²) in [7, 11) is 0. The van der Waals surface area contributed by atoms with E-state index in [0.29, 0.717) is 0 Å². The number of nitrogens with zero attached hydrogens (tertiary/aromatic N) is 3. The summed E-state index contributed by atoms with van der Waals surface area (Å²) in [6.45, 7) is 12.4. The molecule has 0 saturated carbocycles. The van der Waals surface area contributed by atoms with Crippen LogP contribution < -0.4 is 37.2 Å². The van der Waals surface area contributed by atoms with E-state index in [-0.39, 0.29) is 55.8 Å². The van der Waals surface area contributed by atoms with E-state index >= 15 is 0 Å². The fraction of sp³-hybridized carbons (Fsp3) is 0.240. The molecule has 0 unspecified atom stereocenters. The molecule has 0 aliphatic heterocycles. The average molecular weight is 527 g/mol. The van der Waals surface area contributed by atoms with Gasteiger partial charge in [0.15, 0.2) is 0 Å². The molecule has 3 aromatic rings. The number of halogens is 3. The zero-order valence-corrected chi connectivity index (χ0v) is 22.8. The largest absolute Gasteiger partial charge is 3.00 e. The van der Waals surface area contributed by atoms with Crippen LogP contribution in [0.4, 0.5) is 11.4 Å². The summed E-state index contributed by atoms with van der Waals surface area (Å²) < 4.78 is 0. The van der Waals surface area contributed by atoms with E-state index in [1.807, 2.05) is 32.0 Å². The van der Waals surface area contributed by atoms with E-state index in [1.54, 1.807) is 0 Å². The fourth-order valence-electron chi connectivity index (χ4n) is 3.25. The van der Waals surface area contributed by atoms with Gasteiger partial charge >= 0.3 is 18.6 Å². The van der Waals surface area contributed by atoms with Crippen LogP contribution in [0.2, 0.25) is 0 Å². The summed E-state index contributed by atoms with van der Waals surface area (Å²) in [5, 5.41) is 0. The number of rotatable bonds is 4. The summed E-state index contributed by atoms with van der Waals surface area (Å²) in [5.74, 6) is 0. The first kappa shape index (κ1) is 32.6. The van der Waals surface area contributed by atoms with Crippen molar-refractivity contribution in [3.8, 4) is 0 Å². The molecule has 0 amide bonds. The minimum atomic E-state index is 0. The second-order valence-corrected chi connectivity index (χ2v) is 7.28. The SMILES string of the molecule is CC(=Nc1c(C)cccc1C)c1cccc(C(C)=Nc2c(C)cccc2C)n1.[Cl-].[Cl-].[Cl-].[V+3]. The van der Waals surface area contributed by atoms with Gasteiger partial charge in [-0.1, -0.05) is 42.5 Å². The second kappa shape index (κ2) is 14.5. The molecule has 2 aromatic carbocycles. The van der Waals surface area contributed by atoms with Crippen LogP contribution >= 0.6 is 0 Å². The number of benzene rings is 2. The standard InChI is InChI=1S/C25H27N3.3ClH.V/c1-16-10-7-11-17(2)24(16)26-20(5)22-14-9-15-23(28-22)21(6)27-25-18(3)12-8-13-19(25)4;;;;/h7-15H,1-6H3;3*1H;/q;;;;+3/p-3. The zero-order valence-electron chi connectivity index (χ0n) is 19.1. The van der Waals surface area contributed by atoms with Gasteiger partial charge in [-0.05, 0) is 75.9 Å². The third-order valence-electron chi connectivity index (χ3n) is 4.93. The first-order valence-electron chi connectivity index (χ1n) is 9.57. The van der Waals surface area contributed by atoms with Gasteiger partial charge in [0.25, 0.3) is 0 Å². The smallest absolute Gasteiger partial charge is 1.00 e. The van der Waals surface area contributed by atoms with Gasteiger partial charge in [0.1, 0.15) is 0 Å². The molecular formula is C25H27Cl3N3V. The van der Waals surface area contributed by atoms with E-state index in [2.05, 4.69) is 64.1 Å². The molecule has 0 aliphatic rings. The third kappa shape index (κ3) is 7.76. The zero-order chi connectivity index (χ0) is 20.3. The Hall–Kier alpha value is -1.62. The number of aliphatic imine (C=N–C) groups is 2. The molecule has 0 bridgehead atoms. The molecule has 3 rings (SSSR count). The summed E-state index contributed by atoms with van der Waals surface area (Å²) in [6.07, 6.45) is 0. The summed E-state index contributed by atoms with van der Waals surface area (Å²) in [6, 6.07) is 18.5. The molecule has 0 atom stereocenters. The van der Waals surface area contributed by atoms with Crippen molar-refractivity contribution >= 4 is 22.8 Å². The number of aryl methyl sites for hydroxylation is 4. The topological polar surface area (TPSA) is 37.6 Å². The molecule has 1 aromatic heterocycles. The van der Waals surface area contributed by atoms with Crippen LogP contribution in [0.25, 0.3) is 0 Å². The second-order valence-electron chi connectivity index (χ2n) is 7.28. The molecule has 0 spiro atoms. The molecule has 168 valence electrons. The predicted octanol–water partition coefficient (Wildman–Crippen LogP) is -2.39. The van der Waals surface area contributed by atoms with Gasteiger partial charge in [-0.25, -0.2) is 4.98 Å². The Morgan fingerprint density at radius 3 is 1.16 bits per heavy atom. The summed E-state index contributed by atoms with van der Waals surface area (Å²) in [4.78, 5) is 14.5. The van der Waals surface area contributed by atoms with E-state index in [0.717, 1.165) is 34.2 Å². The van der Waals surface area contributed by atoms with Crippen LogP contribution in [0, 0.1) is 27.7 Å². The van der Waals surface area contributed by atoms with Gasteiger partial charge in [0, 0.05) is 0 Å². The molecule has 0 saturated heterocycles. The van der Waals surface area contributed by atoms with Crippen molar-refractivity contribution in [3.05, 3.63) is 88.2 Å². The first-order valence-corrected chi connectivity index (χ1v) is 9.57. The van der Waals surface area contributed by atoms with E-state index in [1.165, 1.54) is 22.3 Å². The van der Waals surface area contributed by atoms with Crippen LogP contribution in [-0.4, -0.2) is 16.4 Å². The number of aromatic nitrogens is 1. The predicted molar refractivity (Wildman–Crippen MR) is 120 cm³/mol. The molecular weight excluding hydrogens is 500 g/mol. The monoisotopic (exact) mass is 525 g/mol. The van der Waals surface area contributed by atoms with Crippen molar-refractivity contribution in [2.45, 2.75) is 41.5 Å². The van der Waals surface area contributed by atoms with Crippen LogP contribution in [0.1, 0.15) is 47.5 Å². The summed E-state index contributed by atoms with van der Waals surface area (Å²) >= 11 is 0. The average Bonchev–Trinajstić information content (AvgIpc) is 2.67. The number of pyridine rings is 1. The van der Waals surface area contributed by atoms with Crippen LogP contribution in [0.5, 0.6) is 0 Å². The van der Waals surface area contributed by atoms with Crippen LogP contribution in [0.15, 0.2) is 64.6 Å². The van der Waals surface area contributed by atoms with Crippen molar-refractivity contribution in [2.24, 2.45) is 9.98 Å². The Bertz CT molecular complexity index is 972. The van der Waals surface area contributed by atoms with Gasteiger partial charge in [0.05, 0.1) is 34.2 Å².